The minimum atomic E-state index is -2.54. The highest BCUT2D eigenvalue weighted by Gasteiger charge is 2.55. The van der Waals surface area contributed by atoms with E-state index in [1.54, 1.807) is 19.6 Å². The standard InChI is InChI=1S/C27H47N5O15/c1-17(34)28-23-18(35)12-27(26(44)45,47-25(23)24(43)19(36)16-33)46-11-10-29-2-4-30(13-20(37)38)6-8-32(15-22(41)42)9-7-31(5-3-29)14-21(39)40/h18-19,23-25,33,35-36,43H,2-16H2,1H3,(H,28,34)(H,37,38)(H,39,40)(H,41,42)(H,44,45)/t18-,19-,23+,24-,25+,27+/m0/s1. The van der Waals surface area contributed by atoms with Crippen LogP contribution in [-0.4, -0.2) is 218 Å². The number of carboxylic acids is 4. The maximum absolute atomic E-state index is 12.5. The van der Waals surface area contributed by atoms with E-state index >= 15 is 0 Å². The van der Waals surface area contributed by atoms with Crippen molar-refractivity contribution in [1.29, 1.82) is 0 Å². The zero-order valence-corrected chi connectivity index (χ0v) is 26.2. The van der Waals surface area contributed by atoms with Crippen molar-refractivity contribution in [3.8, 4) is 0 Å². The van der Waals surface area contributed by atoms with Crippen LogP contribution in [0.5, 0.6) is 0 Å². The minimum Gasteiger partial charge on any atom is -0.480 e. The molecule has 20 heteroatoms. The number of rotatable bonds is 15. The van der Waals surface area contributed by atoms with E-state index in [2.05, 4.69) is 5.32 Å². The van der Waals surface area contributed by atoms with E-state index in [4.69, 9.17) is 9.47 Å². The van der Waals surface area contributed by atoms with Crippen LogP contribution < -0.4 is 5.32 Å². The monoisotopic (exact) mass is 681 g/mol. The summed E-state index contributed by atoms with van der Waals surface area (Å²) in [7, 11) is 0. The molecule has 2 fully saturated rings. The van der Waals surface area contributed by atoms with Gasteiger partial charge < -0.3 is 55.6 Å². The highest BCUT2D eigenvalue weighted by atomic mass is 16.7. The maximum atomic E-state index is 12.5. The van der Waals surface area contributed by atoms with E-state index in [0.717, 1.165) is 6.92 Å². The van der Waals surface area contributed by atoms with Crippen molar-refractivity contribution in [1.82, 2.24) is 24.9 Å². The van der Waals surface area contributed by atoms with Crippen LogP contribution in [0.3, 0.4) is 0 Å². The molecule has 20 nitrogen and oxygen atoms in total. The van der Waals surface area contributed by atoms with Gasteiger partial charge >= 0.3 is 23.9 Å². The number of ether oxygens (including phenoxy) is 2. The summed E-state index contributed by atoms with van der Waals surface area (Å²) in [6.07, 6.45) is -7.76. The Kier molecular flexibility index (Phi) is 16.3. The van der Waals surface area contributed by atoms with Gasteiger partial charge in [-0.15, -0.1) is 0 Å². The Morgan fingerprint density at radius 2 is 1.23 bits per heavy atom. The number of aliphatic hydroxyl groups excluding tert-OH is 4. The predicted molar refractivity (Wildman–Crippen MR) is 157 cm³/mol. The Hall–Kier alpha value is -3.05. The van der Waals surface area contributed by atoms with Gasteiger partial charge in [0.2, 0.25) is 5.91 Å². The summed E-state index contributed by atoms with van der Waals surface area (Å²) in [4.78, 5) is 65.2. The highest BCUT2D eigenvalue weighted by Crippen LogP contribution is 2.33. The van der Waals surface area contributed by atoms with Gasteiger partial charge in [-0.2, -0.15) is 0 Å². The average Bonchev–Trinajstić information content (AvgIpc) is 2.97. The normalized spacial score (nSPS) is 27.6. The van der Waals surface area contributed by atoms with Crippen LogP contribution in [0, 0.1) is 0 Å². The Morgan fingerprint density at radius 3 is 1.60 bits per heavy atom. The molecule has 47 heavy (non-hydrogen) atoms. The molecular formula is C27H47N5O15. The molecule has 0 saturated carbocycles. The molecule has 0 aromatic rings. The van der Waals surface area contributed by atoms with E-state index < -0.39 is 79.1 Å². The first kappa shape index (κ1) is 40.1. The second-order valence-corrected chi connectivity index (χ2v) is 11.6. The van der Waals surface area contributed by atoms with E-state index in [9.17, 15) is 64.8 Å². The largest absolute Gasteiger partial charge is 0.480 e. The zero-order chi connectivity index (χ0) is 35.3. The van der Waals surface area contributed by atoms with Crippen molar-refractivity contribution in [3.63, 3.8) is 0 Å². The molecule has 0 aromatic carbocycles. The van der Waals surface area contributed by atoms with Crippen molar-refractivity contribution in [2.45, 2.75) is 49.6 Å². The summed E-state index contributed by atoms with van der Waals surface area (Å²) >= 11 is 0. The molecule has 6 atom stereocenters. The van der Waals surface area contributed by atoms with Crippen molar-refractivity contribution >= 4 is 29.8 Å². The molecule has 0 radical (unpaired) electrons. The lowest BCUT2D eigenvalue weighted by Gasteiger charge is -2.46. The third-order valence-corrected chi connectivity index (χ3v) is 7.94. The first-order chi connectivity index (χ1) is 22.1. The number of nitrogens with zero attached hydrogens (tertiary/aromatic N) is 4. The fourth-order valence-corrected chi connectivity index (χ4v) is 5.47. The molecule has 2 aliphatic rings. The second-order valence-electron chi connectivity index (χ2n) is 11.6. The molecule has 0 unspecified atom stereocenters. The van der Waals surface area contributed by atoms with Gasteiger partial charge in [0.25, 0.3) is 5.79 Å². The molecule has 9 N–H and O–H groups in total. The summed E-state index contributed by atoms with van der Waals surface area (Å²) in [5.74, 6) is -8.13. The van der Waals surface area contributed by atoms with Gasteiger partial charge in [0, 0.05) is 72.2 Å². The van der Waals surface area contributed by atoms with Crippen molar-refractivity contribution in [2.24, 2.45) is 0 Å². The molecular weight excluding hydrogens is 634 g/mol. The van der Waals surface area contributed by atoms with Gasteiger partial charge in [-0.05, 0) is 0 Å². The Bertz CT molecular complexity index is 1040. The lowest BCUT2D eigenvalue weighted by Crippen LogP contribution is -2.68. The predicted octanol–water partition coefficient (Wildman–Crippen LogP) is -5.37. The highest BCUT2D eigenvalue weighted by molar-refractivity contribution is 5.76. The fraction of sp³-hybridized carbons (Fsp3) is 0.815. The maximum Gasteiger partial charge on any atom is 0.364 e. The van der Waals surface area contributed by atoms with Crippen LogP contribution in [-0.2, 0) is 33.4 Å². The molecule has 2 rings (SSSR count). The van der Waals surface area contributed by atoms with Crippen LogP contribution in [0.2, 0.25) is 0 Å². The number of nitrogens with one attached hydrogen (secondary N) is 1. The summed E-state index contributed by atoms with van der Waals surface area (Å²) in [5.41, 5.74) is 0. The smallest absolute Gasteiger partial charge is 0.364 e. The SMILES string of the molecule is CC(=O)N[C@H]1[C@H]([C@@H](O)[C@@H](O)CO)O[C@@](OCCN2CCN(CC(=O)O)CCN(CC(=O)O)CCN(CC(=O)O)CC2)(C(=O)O)C[C@@H]1O. The van der Waals surface area contributed by atoms with Crippen molar-refractivity contribution in [3.05, 3.63) is 0 Å². The summed E-state index contributed by atoms with van der Waals surface area (Å²) in [6.45, 7) is 0.610. The van der Waals surface area contributed by atoms with Gasteiger partial charge in [0.05, 0.1) is 45.0 Å². The zero-order valence-electron chi connectivity index (χ0n) is 26.2. The third-order valence-electron chi connectivity index (χ3n) is 7.94. The van der Waals surface area contributed by atoms with Crippen molar-refractivity contribution < 1.29 is 74.3 Å². The van der Waals surface area contributed by atoms with Crippen LogP contribution in [0.1, 0.15) is 13.3 Å². The number of hydrogen-bond donors (Lipinski definition) is 9. The van der Waals surface area contributed by atoms with Gasteiger partial charge in [-0.1, -0.05) is 0 Å². The number of carbonyl (C=O) groups is 5. The number of carboxylic acid groups (broad SMARTS) is 4. The average molecular weight is 682 g/mol. The Morgan fingerprint density at radius 1 is 0.809 bits per heavy atom. The molecule has 2 aliphatic heterocycles. The fourth-order valence-electron chi connectivity index (χ4n) is 5.47. The first-order valence-corrected chi connectivity index (χ1v) is 15.1. The molecule has 0 aliphatic carbocycles. The van der Waals surface area contributed by atoms with E-state index in [0.29, 0.717) is 0 Å². The summed E-state index contributed by atoms with van der Waals surface area (Å²) in [6, 6.07) is -1.36. The lowest BCUT2D eigenvalue weighted by atomic mass is 9.88. The molecule has 1 amide bonds. The van der Waals surface area contributed by atoms with Crippen LogP contribution in [0.4, 0.5) is 0 Å². The third kappa shape index (κ3) is 13.2. The number of aliphatic hydroxyl groups is 4. The van der Waals surface area contributed by atoms with Crippen LogP contribution >= 0.6 is 0 Å². The van der Waals surface area contributed by atoms with E-state index in [1.165, 1.54) is 0 Å². The molecule has 0 bridgehead atoms. The first-order valence-electron chi connectivity index (χ1n) is 15.1. The van der Waals surface area contributed by atoms with Gasteiger partial charge in [-0.3, -0.25) is 38.8 Å². The van der Waals surface area contributed by atoms with E-state index in [-0.39, 0.29) is 85.1 Å². The van der Waals surface area contributed by atoms with Gasteiger partial charge in [-0.25, -0.2) is 4.79 Å². The molecule has 0 spiro atoms. The molecule has 0 aromatic heterocycles. The van der Waals surface area contributed by atoms with E-state index in [1.807, 2.05) is 0 Å². The summed E-state index contributed by atoms with van der Waals surface area (Å²) < 4.78 is 11.3. The number of carbonyl (C=O) groups excluding carboxylic acids is 1. The van der Waals surface area contributed by atoms with Crippen molar-refractivity contribution in [2.75, 3.05) is 91.8 Å². The quantitative estimate of drug-likeness (QED) is 0.0779. The Balaban J connectivity index is 2.25. The lowest BCUT2D eigenvalue weighted by molar-refractivity contribution is -0.311. The van der Waals surface area contributed by atoms with Crippen LogP contribution in [0.15, 0.2) is 0 Å². The molecule has 2 saturated heterocycles. The van der Waals surface area contributed by atoms with Gasteiger partial charge in [0.1, 0.15) is 18.3 Å². The molecule has 2 heterocycles. The Labute approximate surface area is 270 Å². The number of aliphatic carboxylic acids is 4. The summed E-state index contributed by atoms with van der Waals surface area (Å²) in [5, 5.41) is 81.3. The topological polar surface area (TPSA) is 291 Å². The van der Waals surface area contributed by atoms with Gasteiger partial charge in [0.15, 0.2) is 0 Å². The molecule has 270 valence electrons. The van der Waals surface area contributed by atoms with Crippen LogP contribution in [0.25, 0.3) is 0 Å². The second kappa shape index (κ2) is 19.1. The number of hydrogen-bond acceptors (Lipinski definition) is 15. The number of amides is 1. The minimum absolute atomic E-state index is 0.0308.